The van der Waals surface area contributed by atoms with Crippen LogP contribution in [0, 0.1) is 0 Å². The Balaban J connectivity index is 5.35. The Morgan fingerprint density at radius 3 is 1.94 bits per heavy atom. The van der Waals surface area contributed by atoms with Gasteiger partial charge < -0.3 is 54.2 Å². The number of nitrogens with two attached hydrogens (primary N) is 4. The third-order valence-corrected chi connectivity index (χ3v) is 4.48. The van der Waals surface area contributed by atoms with Crippen molar-refractivity contribution in [1.82, 2.24) is 16.0 Å². The van der Waals surface area contributed by atoms with E-state index in [0.717, 1.165) is 6.92 Å². The number of amides is 4. The fourth-order valence-corrected chi connectivity index (χ4v) is 2.59. The average Bonchev–Trinajstić information content (AvgIpc) is 2.74. The number of aliphatic imine (C=N–C) groups is 1. The maximum Gasteiger partial charge on any atom is 0.328 e. The third-order valence-electron chi connectivity index (χ3n) is 4.48. The van der Waals surface area contributed by atoms with Gasteiger partial charge in [-0.15, -0.1) is 0 Å². The number of aliphatic hydroxyl groups excluding tert-OH is 2. The summed E-state index contributed by atoms with van der Waals surface area (Å²) in [6.07, 6.45) is -1.56. The predicted molar refractivity (Wildman–Crippen MR) is 119 cm³/mol. The van der Waals surface area contributed by atoms with E-state index in [9.17, 15) is 34.2 Å². The summed E-state index contributed by atoms with van der Waals surface area (Å²) < 4.78 is 0. The number of carboxylic acids is 1. The largest absolute Gasteiger partial charge is 0.480 e. The summed E-state index contributed by atoms with van der Waals surface area (Å²) in [6.45, 7) is 0.397. The highest BCUT2D eigenvalue weighted by Crippen LogP contribution is 2.03. The Bertz CT molecular complexity index is 756. The molecule has 0 aliphatic rings. The highest BCUT2D eigenvalue weighted by Gasteiger charge is 2.31. The van der Waals surface area contributed by atoms with E-state index in [2.05, 4.69) is 20.9 Å². The van der Waals surface area contributed by atoms with Gasteiger partial charge in [-0.1, -0.05) is 0 Å². The lowest BCUT2D eigenvalue weighted by Crippen LogP contribution is -2.59. The van der Waals surface area contributed by atoms with Crippen LogP contribution in [0.5, 0.6) is 0 Å². The Labute approximate surface area is 195 Å². The zero-order chi connectivity index (χ0) is 26.4. The molecule has 0 aromatic heterocycles. The quantitative estimate of drug-likeness (QED) is 0.0552. The molecule has 14 N–H and O–H groups in total. The second-order valence-electron chi connectivity index (χ2n) is 7.43. The van der Waals surface area contributed by atoms with Crippen LogP contribution >= 0.6 is 0 Å². The van der Waals surface area contributed by atoms with Crippen molar-refractivity contribution >= 4 is 35.6 Å². The van der Waals surface area contributed by atoms with Crippen molar-refractivity contribution in [3.8, 4) is 0 Å². The number of guanidine groups is 1. The van der Waals surface area contributed by atoms with Crippen LogP contribution in [0.25, 0.3) is 0 Å². The number of hydrogen-bond acceptors (Lipinski definition) is 9. The van der Waals surface area contributed by atoms with Crippen molar-refractivity contribution in [2.24, 2.45) is 27.9 Å². The first-order valence-electron chi connectivity index (χ1n) is 10.3. The maximum absolute atomic E-state index is 12.6. The Morgan fingerprint density at radius 2 is 1.47 bits per heavy atom. The average molecular weight is 491 g/mol. The summed E-state index contributed by atoms with van der Waals surface area (Å²) in [5.41, 5.74) is 21.1. The molecule has 0 aromatic rings. The number of carboxylic acid groups (broad SMARTS) is 1. The molecule has 0 aliphatic carbocycles. The van der Waals surface area contributed by atoms with Gasteiger partial charge >= 0.3 is 5.97 Å². The molecule has 194 valence electrons. The Kier molecular flexibility index (Phi) is 13.8. The second-order valence-corrected chi connectivity index (χ2v) is 7.43. The summed E-state index contributed by atoms with van der Waals surface area (Å²) >= 11 is 0. The van der Waals surface area contributed by atoms with Crippen LogP contribution in [-0.4, -0.2) is 94.3 Å². The van der Waals surface area contributed by atoms with Crippen LogP contribution in [0.4, 0.5) is 0 Å². The summed E-state index contributed by atoms with van der Waals surface area (Å²) in [5.74, 6) is -5.12. The van der Waals surface area contributed by atoms with Gasteiger partial charge in [-0.3, -0.25) is 24.2 Å². The molecule has 5 atom stereocenters. The molecule has 16 heteroatoms. The first kappa shape index (κ1) is 30.5. The molecule has 0 fully saturated rings. The van der Waals surface area contributed by atoms with E-state index in [1.807, 2.05) is 0 Å². The summed E-state index contributed by atoms with van der Waals surface area (Å²) in [7, 11) is 0. The number of nitrogens with zero attached hydrogens (tertiary/aromatic N) is 1. The molecule has 0 saturated heterocycles. The van der Waals surface area contributed by atoms with Gasteiger partial charge in [-0.05, 0) is 26.2 Å². The second kappa shape index (κ2) is 15.4. The fourth-order valence-electron chi connectivity index (χ4n) is 2.59. The van der Waals surface area contributed by atoms with Crippen LogP contribution in [0.2, 0.25) is 0 Å². The molecular formula is C18H34N8O8. The van der Waals surface area contributed by atoms with Crippen molar-refractivity contribution in [3.05, 3.63) is 0 Å². The van der Waals surface area contributed by atoms with Crippen molar-refractivity contribution < 1.29 is 39.3 Å². The molecule has 34 heavy (non-hydrogen) atoms. The number of rotatable bonds is 16. The van der Waals surface area contributed by atoms with Crippen LogP contribution in [0.15, 0.2) is 4.99 Å². The Hall–Kier alpha value is -3.50. The number of aliphatic carboxylic acids is 1. The van der Waals surface area contributed by atoms with Gasteiger partial charge in [0.2, 0.25) is 23.6 Å². The van der Waals surface area contributed by atoms with Gasteiger partial charge in [0.15, 0.2) is 12.0 Å². The van der Waals surface area contributed by atoms with E-state index < -0.39 is 66.5 Å². The maximum atomic E-state index is 12.6. The van der Waals surface area contributed by atoms with Gasteiger partial charge in [0.25, 0.3) is 0 Å². The number of carbonyl (C=O) groups is 5. The van der Waals surface area contributed by atoms with Crippen molar-refractivity contribution in [2.75, 3.05) is 13.2 Å². The topological polar surface area (TPSA) is 299 Å². The van der Waals surface area contributed by atoms with Crippen LogP contribution in [0.1, 0.15) is 32.6 Å². The molecule has 5 unspecified atom stereocenters. The van der Waals surface area contributed by atoms with E-state index in [1.54, 1.807) is 0 Å². The summed E-state index contributed by atoms with van der Waals surface area (Å²) in [5, 5.41) is 34.9. The zero-order valence-corrected chi connectivity index (χ0v) is 18.8. The smallest absolute Gasteiger partial charge is 0.328 e. The molecule has 0 saturated carbocycles. The summed E-state index contributed by atoms with van der Waals surface area (Å²) in [6, 6.07) is -5.67. The molecule has 0 aliphatic heterocycles. The molecular weight excluding hydrogens is 456 g/mol. The molecule has 0 spiro atoms. The monoisotopic (exact) mass is 490 g/mol. The third kappa shape index (κ3) is 11.9. The zero-order valence-electron chi connectivity index (χ0n) is 18.8. The van der Waals surface area contributed by atoms with E-state index in [4.69, 9.17) is 28.0 Å². The van der Waals surface area contributed by atoms with E-state index in [0.29, 0.717) is 0 Å². The van der Waals surface area contributed by atoms with Gasteiger partial charge in [0.1, 0.15) is 12.1 Å². The van der Waals surface area contributed by atoms with Crippen LogP contribution < -0.4 is 38.9 Å². The molecule has 0 aromatic carbocycles. The van der Waals surface area contributed by atoms with E-state index >= 15 is 0 Å². The number of aliphatic hydroxyl groups is 2. The molecule has 0 radical (unpaired) electrons. The highest BCUT2D eigenvalue weighted by atomic mass is 16.4. The number of carbonyl (C=O) groups excluding carboxylic acids is 4. The van der Waals surface area contributed by atoms with Crippen molar-refractivity contribution in [3.63, 3.8) is 0 Å². The predicted octanol–water partition coefficient (Wildman–Crippen LogP) is -5.46. The van der Waals surface area contributed by atoms with Gasteiger partial charge in [0.05, 0.1) is 18.8 Å². The number of hydrogen-bond donors (Lipinski definition) is 10. The molecule has 4 amide bonds. The highest BCUT2D eigenvalue weighted by molar-refractivity contribution is 5.94. The summed E-state index contributed by atoms with van der Waals surface area (Å²) in [4.78, 5) is 63.2. The van der Waals surface area contributed by atoms with Crippen molar-refractivity contribution in [2.45, 2.75) is 62.9 Å². The minimum Gasteiger partial charge on any atom is -0.480 e. The Morgan fingerprint density at radius 1 is 0.912 bits per heavy atom. The van der Waals surface area contributed by atoms with E-state index in [-0.39, 0.29) is 38.2 Å². The number of nitrogens with one attached hydrogen (secondary N) is 3. The lowest BCUT2D eigenvalue weighted by molar-refractivity contribution is -0.145. The standard InChI is InChI=1S/C18H34N8O8/c1-8(28)13(17(33)34)26-15(31)10(3-2-6-23-18(21)22)24-16(32)11(7-27)25-14(30)9(19)4-5-12(20)29/h8-11,13,27-28H,2-7,19H2,1H3,(H2,20,29)(H,24,32)(H,25,30)(H,26,31)(H,33,34)(H4,21,22,23). The van der Waals surface area contributed by atoms with Gasteiger partial charge in [-0.2, -0.15) is 0 Å². The normalized spacial score (nSPS) is 15.1. The lowest BCUT2D eigenvalue weighted by Gasteiger charge is -2.25. The molecule has 0 heterocycles. The van der Waals surface area contributed by atoms with Gasteiger partial charge in [0, 0.05) is 13.0 Å². The van der Waals surface area contributed by atoms with E-state index in [1.165, 1.54) is 0 Å². The first-order valence-corrected chi connectivity index (χ1v) is 10.3. The minimum atomic E-state index is -1.65. The SMILES string of the molecule is CC(O)C(NC(=O)C(CCCN=C(N)N)NC(=O)C(CO)NC(=O)C(N)CCC(N)=O)C(=O)O. The van der Waals surface area contributed by atoms with Gasteiger partial charge in [-0.25, -0.2) is 4.79 Å². The van der Waals surface area contributed by atoms with Crippen LogP contribution in [-0.2, 0) is 24.0 Å². The first-order chi connectivity index (χ1) is 15.8. The molecule has 0 rings (SSSR count). The molecule has 0 bridgehead atoms. The fraction of sp³-hybridized carbons (Fsp3) is 0.667. The molecule has 16 nitrogen and oxygen atoms in total. The number of primary amides is 1. The minimum absolute atomic E-state index is 0.0509. The van der Waals surface area contributed by atoms with Crippen molar-refractivity contribution in [1.29, 1.82) is 0 Å². The van der Waals surface area contributed by atoms with Crippen LogP contribution in [0.3, 0.4) is 0 Å². The lowest BCUT2D eigenvalue weighted by atomic mass is 10.1.